The summed E-state index contributed by atoms with van der Waals surface area (Å²) in [5, 5.41) is 5.55. The van der Waals surface area contributed by atoms with Gasteiger partial charge in [0, 0.05) is 24.5 Å². The second kappa shape index (κ2) is 8.83. The molecule has 3 rings (SSSR count). The molecule has 9 heteroatoms. The number of morpholine rings is 1. The fourth-order valence-corrected chi connectivity index (χ4v) is 5.48. The number of ether oxygens (including phenoxy) is 1. The largest absolute Gasteiger partial charge is 0.379 e. The maximum atomic E-state index is 12.6. The third-order valence-electron chi connectivity index (χ3n) is 4.20. The van der Waals surface area contributed by atoms with Crippen LogP contribution >= 0.6 is 11.3 Å². The van der Waals surface area contributed by atoms with Gasteiger partial charge < -0.3 is 15.4 Å². The molecule has 1 aliphatic heterocycles. The number of carbonyl (C=O) groups excluding carboxylic acids is 1. The second-order valence-electron chi connectivity index (χ2n) is 6.26. The Bertz CT molecular complexity index is 872. The van der Waals surface area contributed by atoms with Crippen molar-refractivity contribution in [3.63, 3.8) is 0 Å². The minimum absolute atomic E-state index is 0.281. The van der Waals surface area contributed by atoms with Crippen LogP contribution in [-0.4, -0.2) is 45.1 Å². The fourth-order valence-electron chi connectivity index (χ4n) is 2.62. The number of amides is 2. The fraction of sp³-hybridized carbons (Fsp3) is 0.389. The van der Waals surface area contributed by atoms with E-state index in [1.807, 2.05) is 31.2 Å². The minimum Gasteiger partial charge on any atom is -0.379 e. The Balaban J connectivity index is 1.50. The molecule has 0 aliphatic carbocycles. The van der Waals surface area contributed by atoms with Crippen molar-refractivity contribution in [2.75, 3.05) is 26.3 Å². The molecule has 1 aromatic carbocycles. The second-order valence-corrected chi connectivity index (χ2v) is 9.59. The van der Waals surface area contributed by atoms with E-state index in [1.54, 1.807) is 12.1 Å². The van der Waals surface area contributed by atoms with E-state index in [1.165, 1.54) is 21.2 Å². The van der Waals surface area contributed by atoms with Gasteiger partial charge in [0.05, 0.1) is 19.8 Å². The number of carbonyl (C=O) groups is 1. The first-order chi connectivity index (χ1) is 12.9. The Kier molecular flexibility index (Phi) is 6.48. The van der Waals surface area contributed by atoms with Crippen LogP contribution in [0.4, 0.5) is 4.79 Å². The quantitative estimate of drug-likeness (QED) is 0.765. The molecule has 0 unspecified atom stereocenters. The number of thiophene rings is 1. The maximum Gasteiger partial charge on any atom is 0.315 e. The number of aryl methyl sites for hydroxylation is 1. The van der Waals surface area contributed by atoms with E-state index >= 15 is 0 Å². The first-order valence-corrected chi connectivity index (χ1v) is 10.9. The number of benzene rings is 1. The van der Waals surface area contributed by atoms with Crippen molar-refractivity contribution in [3.8, 4) is 0 Å². The zero-order valence-corrected chi connectivity index (χ0v) is 16.7. The molecule has 2 amide bonds. The lowest BCUT2D eigenvalue weighted by molar-refractivity contribution is 0.0731. The highest BCUT2D eigenvalue weighted by Crippen LogP contribution is 2.25. The van der Waals surface area contributed by atoms with Crippen molar-refractivity contribution in [3.05, 3.63) is 52.4 Å². The zero-order valence-electron chi connectivity index (χ0n) is 15.1. The number of nitrogens with zero attached hydrogens (tertiary/aromatic N) is 1. The highest BCUT2D eigenvalue weighted by molar-refractivity contribution is 7.91. The van der Waals surface area contributed by atoms with Crippen LogP contribution in [0.3, 0.4) is 0 Å². The van der Waals surface area contributed by atoms with Crippen molar-refractivity contribution in [2.45, 2.75) is 24.2 Å². The van der Waals surface area contributed by atoms with Gasteiger partial charge in [-0.25, -0.2) is 13.2 Å². The summed E-state index contributed by atoms with van der Waals surface area (Å²) in [6, 6.07) is 11.0. The van der Waals surface area contributed by atoms with Crippen molar-refractivity contribution in [2.24, 2.45) is 0 Å². The summed E-state index contributed by atoms with van der Waals surface area (Å²) in [4.78, 5) is 12.7. The summed E-state index contributed by atoms with van der Waals surface area (Å²) in [7, 11) is -3.49. The van der Waals surface area contributed by atoms with Crippen LogP contribution in [0, 0.1) is 6.92 Å². The van der Waals surface area contributed by atoms with Gasteiger partial charge in [0.1, 0.15) is 4.21 Å². The number of sulfonamides is 1. The normalized spacial score (nSPS) is 15.4. The third kappa shape index (κ3) is 5.29. The summed E-state index contributed by atoms with van der Waals surface area (Å²) in [6.45, 7) is 4.31. The topological polar surface area (TPSA) is 87.7 Å². The zero-order chi connectivity index (χ0) is 19.3. The van der Waals surface area contributed by atoms with Gasteiger partial charge in [-0.15, -0.1) is 11.3 Å². The molecule has 0 spiro atoms. The highest BCUT2D eigenvalue weighted by atomic mass is 32.2. The van der Waals surface area contributed by atoms with E-state index in [4.69, 9.17) is 4.74 Å². The average Bonchev–Trinajstić information content (AvgIpc) is 3.16. The number of nitrogens with one attached hydrogen (secondary N) is 2. The number of hydrogen-bond acceptors (Lipinski definition) is 5. The van der Waals surface area contributed by atoms with Crippen molar-refractivity contribution in [1.82, 2.24) is 14.9 Å². The van der Waals surface area contributed by atoms with Gasteiger partial charge in [-0.05, 0) is 24.6 Å². The van der Waals surface area contributed by atoms with E-state index in [0.717, 1.165) is 10.4 Å². The number of hydrogen-bond donors (Lipinski definition) is 2. The average molecular weight is 410 g/mol. The van der Waals surface area contributed by atoms with Crippen molar-refractivity contribution < 1.29 is 17.9 Å². The molecule has 7 nitrogen and oxygen atoms in total. The van der Waals surface area contributed by atoms with E-state index in [2.05, 4.69) is 10.6 Å². The van der Waals surface area contributed by atoms with E-state index in [-0.39, 0.29) is 12.6 Å². The Morgan fingerprint density at radius 1 is 1.07 bits per heavy atom. The summed E-state index contributed by atoms with van der Waals surface area (Å²) in [5.41, 5.74) is 2.19. The van der Waals surface area contributed by atoms with Gasteiger partial charge >= 0.3 is 6.03 Å². The van der Waals surface area contributed by atoms with E-state index in [0.29, 0.717) is 37.1 Å². The Morgan fingerprint density at radius 3 is 2.44 bits per heavy atom. The summed E-state index contributed by atoms with van der Waals surface area (Å²) in [6.07, 6.45) is 0. The van der Waals surface area contributed by atoms with Crippen LogP contribution in [0.5, 0.6) is 0 Å². The van der Waals surface area contributed by atoms with Gasteiger partial charge in [0.25, 0.3) is 10.0 Å². The number of rotatable bonds is 6. The smallest absolute Gasteiger partial charge is 0.315 e. The predicted molar refractivity (Wildman–Crippen MR) is 104 cm³/mol. The first kappa shape index (κ1) is 19.8. The monoisotopic (exact) mass is 409 g/mol. The Labute approximate surface area is 163 Å². The van der Waals surface area contributed by atoms with Gasteiger partial charge in [-0.1, -0.05) is 29.8 Å². The van der Waals surface area contributed by atoms with Crippen LogP contribution in [0.2, 0.25) is 0 Å². The molecule has 0 atom stereocenters. The van der Waals surface area contributed by atoms with E-state index in [9.17, 15) is 13.2 Å². The molecule has 1 aliphatic rings. The lowest BCUT2D eigenvalue weighted by atomic mass is 10.1. The van der Waals surface area contributed by atoms with Crippen LogP contribution < -0.4 is 10.6 Å². The molecular weight excluding hydrogens is 386 g/mol. The molecule has 0 bridgehead atoms. The summed E-state index contributed by atoms with van der Waals surface area (Å²) >= 11 is 1.18. The lowest BCUT2D eigenvalue weighted by Crippen LogP contribution is -2.40. The molecule has 146 valence electrons. The van der Waals surface area contributed by atoms with Crippen LogP contribution in [0.25, 0.3) is 0 Å². The standard InChI is InChI=1S/C18H23N3O4S2/c1-14-2-4-15(5-3-14)12-19-18(22)20-13-16-6-7-17(26-16)27(23,24)21-8-10-25-11-9-21/h2-7H,8-13H2,1H3,(H2,19,20,22). The predicted octanol–water partition coefficient (Wildman–Crippen LogP) is 2.08. The minimum atomic E-state index is -3.49. The van der Waals surface area contributed by atoms with Gasteiger partial charge in [-0.2, -0.15) is 4.31 Å². The highest BCUT2D eigenvalue weighted by Gasteiger charge is 2.27. The van der Waals surface area contributed by atoms with Crippen LogP contribution in [0.1, 0.15) is 16.0 Å². The molecule has 2 N–H and O–H groups in total. The molecule has 2 heterocycles. The SMILES string of the molecule is Cc1ccc(CNC(=O)NCc2ccc(S(=O)(=O)N3CCOCC3)s2)cc1. The van der Waals surface area contributed by atoms with E-state index < -0.39 is 10.0 Å². The molecule has 27 heavy (non-hydrogen) atoms. The first-order valence-electron chi connectivity index (χ1n) is 8.69. The van der Waals surface area contributed by atoms with Gasteiger partial charge in [0.15, 0.2) is 0 Å². The summed E-state index contributed by atoms with van der Waals surface area (Å²) in [5.74, 6) is 0. The third-order valence-corrected chi connectivity index (χ3v) is 7.65. The van der Waals surface area contributed by atoms with Crippen LogP contribution in [-0.2, 0) is 27.8 Å². The number of urea groups is 1. The molecule has 1 fully saturated rings. The molecule has 0 saturated carbocycles. The lowest BCUT2D eigenvalue weighted by Gasteiger charge is -2.25. The van der Waals surface area contributed by atoms with Crippen LogP contribution in [0.15, 0.2) is 40.6 Å². The molecule has 1 saturated heterocycles. The Morgan fingerprint density at radius 2 is 1.74 bits per heavy atom. The van der Waals surface area contributed by atoms with Gasteiger partial charge in [-0.3, -0.25) is 0 Å². The maximum absolute atomic E-state index is 12.6. The van der Waals surface area contributed by atoms with Crippen molar-refractivity contribution >= 4 is 27.4 Å². The Hall–Kier alpha value is -1.94. The molecule has 1 aromatic heterocycles. The van der Waals surface area contributed by atoms with Gasteiger partial charge in [0.2, 0.25) is 0 Å². The molecule has 0 radical (unpaired) electrons. The van der Waals surface area contributed by atoms with Crippen molar-refractivity contribution in [1.29, 1.82) is 0 Å². The molecule has 2 aromatic rings. The molecular formula is C18H23N3O4S2. The summed E-state index contributed by atoms with van der Waals surface area (Å²) < 4.78 is 32.1.